The topological polar surface area (TPSA) is 65.5 Å². The first-order chi connectivity index (χ1) is 12.4. The van der Waals surface area contributed by atoms with Crippen molar-refractivity contribution in [1.82, 2.24) is 4.98 Å². The lowest BCUT2D eigenvalue weighted by molar-refractivity contribution is -0.142. The molecule has 0 N–H and O–H groups in total. The average molecular weight is 393 g/mol. The van der Waals surface area contributed by atoms with Gasteiger partial charge < -0.3 is 9.47 Å². The van der Waals surface area contributed by atoms with E-state index in [-0.39, 0.29) is 6.42 Å². The van der Waals surface area contributed by atoms with Crippen LogP contribution in [0.15, 0.2) is 0 Å². The van der Waals surface area contributed by atoms with Gasteiger partial charge in [0.2, 0.25) is 0 Å². The number of hydrogen-bond donors (Lipinski definition) is 0. The van der Waals surface area contributed by atoms with Crippen LogP contribution in [-0.2, 0) is 22.1 Å². The first kappa shape index (κ1) is 22.3. The average Bonchev–Trinajstić information content (AvgIpc) is 2.56. The molecule has 10 heteroatoms. The zero-order valence-electron chi connectivity index (χ0n) is 14.6. The van der Waals surface area contributed by atoms with Crippen molar-refractivity contribution in [2.24, 2.45) is 5.92 Å². The first-order valence-corrected chi connectivity index (χ1v) is 7.56. The van der Waals surface area contributed by atoms with Gasteiger partial charge in [-0.3, -0.25) is 0 Å². The number of pyridine rings is 1. The van der Waals surface area contributed by atoms with Crippen LogP contribution in [0.2, 0.25) is 0 Å². The Hall–Kier alpha value is -2.70. The smallest absolute Gasteiger partial charge is 0.434 e. The summed E-state index contributed by atoms with van der Waals surface area (Å²) in [5.74, 6) is -1.35. The van der Waals surface area contributed by atoms with Crippen LogP contribution in [0.1, 0.15) is 57.9 Å². The number of halogens is 5. The third kappa shape index (κ3) is 5.15. The maximum atomic E-state index is 13.4. The fourth-order valence-electron chi connectivity index (χ4n) is 2.36. The molecule has 1 aromatic rings. The van der Waals surface area contributed by atoms with E-state index in [0.29, 0.717) is 0 Å². The van der Waals surface area contributed by atoms with Crippen LogP contribution in [0.5, 0.6) is 0 Å². The lowest BCUT2D eigenvalue weighted by Gasteiger charge is -2.21. The summed E-state index contributed by atoms with van der Waals surface area (Å²) in [7, 11) is 0.866. The van der Waals surface area contributed by atoms with Crippen LogP contribution in [0.25, 0.3) is 0 Å². The summed E-state index contributed by atoms with van der Waals surface area (Å²) in [6, 6.07) is 0. The van der Waals surface area contributed by atoms with Crippen LogP contribution >= 0.6 is 0 Å². The third-order valence-electron chi connectivity index (χ3n) is 3.30. The van der Waals surface area contributed by atoms with Crippen LogP contribution in [-0.4, -0.2) is 30.6 Å². The molecule has 27 heavy (non-hydrogen) atoms. The molecule has 0 saturated carbocycles. The fourth-order valence-corrected chi connectivity index (χ4v) is 2.36. The molecule has 148 valence electrons. The highest BCUT2D eigenvalue weighted by molar-refractivity contribution is 5.99. The van der Waals surface area contributed by atoms with Crippen molar-refractivity contribution in [1.29, 1.82) is 0 Å². The van der Waals surface area contributed by atoms with Crippen LogP contribution in [0, 0.1) is 18.3 Å². The van der Waals surface area contributed by atoms with Gasteiger partial charge in [0.1, 0.15) is 5.69 Å². The van der Waals surface area contributed by atoms with Crippen molar-refractivity contribution in [2.75, 3.05) is 13.7 Å². The summed E-state index contributed by atoms with van der Waals surface area (Å²) < 4.78 is 76.0. The molecule has 0 aliphatic carbocycles. The number of hydrogen-bond acceptors (Lipinski definition) is 5. The second-order valence-corrected chi connectivity index (χ2v) is 5.74. The number of alkyl halides is 5. The van der Waals surface area contributed by atoms with Crippen molar-refractivity contribution in [3.8, 4) is 12.3 Å². The van der Waals surface area contributed by atoms with E-state index in [4.69, 9.17) is 6.42 Å². The Balaban J connectivity index is 4.01. The predicted molar refractivity (Wildman–Crippen MR) is 83.2 cm³/mol. The Kier molecular flexibility index (Phi) is 7.28. The van der Waals surface area contributed by atoms with Gasteiger partial charge in [-0.25, -0.2) is 23.4 Å². The summed E-state index contributed by atoms with van der Waals surface area (Å²) in [5.41, 5.74) is -5.88. The summed E-state index contributed by atoms with van der Waals surface area (Å²) >= 11 is 0. The largest absolute Gasteiger partial charge is 0.465 e. The summed E-state index contributed by atoms with van der Waals surface area (Å²) in [6.07, 6.45) is -4.15. The van der Waals surface area contributed by atoms with E-state index in [0.717, 1.165) is 7.11 Å². The number of esters is 2. The molecule has 0 atom stereocenters. The fraction of sp³-hybridized carbons (Fsp3) is 0.471. The van der Waals surface area contributed by atoms with Crippen molar-refractivity contribution in [2.45, 2.75) is 32.9 Å². The SMILES string of the molecule is C#CCOC(=O)c1c(C(F)(F)F)nc(C(F)F)c(C(=O)OC)c1CC(C)C. The third-order valence-corrected chi connectivity index (χ3v) is 3.30. The summed E-state index contributed by atoms with van der Waals surface area (Å²) in [5, 5.41) is 0. The molecule has 1 rings (SSSR count). The number of carbonyl (C=O) groups excluding carboxylic acids is 2. The molecule has 0 bridgehead atoms. The number of carbonyl (C=O) groups is 2. The van der Waals surface area contributed by atoms with Crippen molar-refractivity contribution < 1.29 is 41.0 Å². The maximum absolute atomic E-state index is 13.4. The molecular formula is C17H16F5NO4. The molecule has 1 aromatic heterocycles. The van der Waals surface area contributed by atoms with E-state index in [1.807, 2.05) is 5.92 Å². The van der Waals surface area contributed by atoms with Gasteiger partial charge >= 0.3 is 18.1 Å². The van der Waals surface area contributed by atoms with Crippen molar-refractivity contribution in [3.05, 3.63) is 28.1 Å². The van der Waals surface area contributed by atoms with E-state index in [2.05, 4.69) is 14.5 Å². The van der Waals surface area contributed by atoms with Crippen LogP contribution in [0.4, 0.5) is 22.0 Å². The molecule has 0 aliphatic rings. The minimum atomic E-state index is -5.26. The van der Waals surface area contributed by atoms with E-state index in [1.54, 1.807) is 13.8 Å². The van der Waals surface area contributed by atoms with E-state index < -0.39 is 65.1 Å². The second-order valence-electron chi connectivity index (χ2n) is 5.74. The zero-order chi connectivity index (χ0) is 20.9. The lowest BCUT2D eigenvalue weighted by Crippen LogP contribution is -2.26. The highest BCUT2D eigenvalue weighted by Gasteiger charge is 2.43. The standard InChI is InChI=1S/C17H16F5NO4/c1-5-6-27-16(25)11-9(7-8(2)3)10(15(24)26-4)12(14(18)19)23-13(11)17(20,21)22/h1,8,14H,6-7H2,2-4H3. The second kappa shape index (κ2) is 8.79. The van der Waals surface area contributed by atoms with Gasteiger partial charge in [-0.1, -0.05) is 19.8 Å². The van der Waals surface area contributed by atoms with Crippen molar-refractivity contribution >= 4 is 11.9 Å². The van der Waals surface area contributed by atoms with Gasteiger partial charge in [-0.05, 0) is 17.9 Å². The van der Waals surface area contributed by atoms with E-state index in [1.165, 1.54) is 0 Å². The molecule has 0 unspecified atom stereocenters. The molecular weight excluding hydrogens is 377 g/mol. The Labute approximate surface area is 151 Å². The highest BCUT2D eigenvalue weighted by Crippen LogP contribution is 2.38. The monoisotopic (exact) mass is 393 g/mol. The molecule has 0 radical (unpaired) electrons. The number of methoxy groups -OCH3 is 1. The number of ether oxygens (including phenoxy) is 2. The normalized spacial score (nSPS) is 11.4. The van der Waals surface area contributed by atoms with Crippen LogP contribution in [0.3, 0.4) is 0 Å². The van der Waals surface area contributed by atoms with Gasteiger partial charge in [-0.15, -0.1) is 6.42 Å². The number of nitrogens with zero attached hydrogens (tertiary/aromatic N) is 1. The van der Waals surface area contributed by atoms with Gasteiger partial charge in [0, 0.05) is 0 Å². The van der Waals surface area contributed by atoms with Crippen LogP contribution < -0.4 is 0 Å². The van der Waals surface area contributed by atoms with Gasteiger partial charge in [0.05, 0.1) is 18.2 Å². The predicted octanol–water partition coefficient (Wildman–Crippen LogP) is 3.81. The van der Waals surface area contributed by atoms with Gasteiger partial charge in [-0.2, -0.15) is 13.2 Å². The van der Waals surface area contributed by atoms with Gasteiger partial charge in [0.15, 0.2) is 12.3 Å². The molecule has 0 fully saturated rings. The number of terminal acetylenes is 1. The van der Waals surface area contributed by atoms with Crippen molar-refractivity contribution in [3.63, 3.8) is 0 Å². The summed E-state index contributed by atoms with van der Waals surface area (Å²) in [4.78, 5) is 27.1. The Morgan fingerprint density at radius 2 is 1.78 bits per heavy atom. The maximum Gasteiger partial charge on any atom is 0.434 e. The summed E-state index contributed by atoms with van der Waals surface area (Å²) in [6.45, 7) is 2.47. The first-order valence-electron chi connectivity index (χ1n) is 7.56. The lowest BCUT2D eigenvalue weighted by atomic mass is 9.91. The van der Waals surface area contributed by atoms with E-state index >= 15 is 0 Å². The number of aromatic nitrogens is 1. The molecule has 1 heterocycles. The molecule has 0 aliphatic heterocycles. The Morgan fingerprint density at radius 3 is 2.19 bits per heavy atom. The van der Waals surface area contributed by atoms with E-state index in [9.17, 15) is 31.5 Å². The molecule has 0 amide bonds. The molecule has 0 saturated heterocycles. The molecule has 5 nitrogen and oxygen atoms in total. The quantitative estimate of drug-likeness (QED) is 0.418. The molecule has 0 aromatic carbocycles. The highest BCUT2D eigenvalue weighted by atomic mass is 19.4. The Morgan fingerprint density at radius 1 is 1.19 bits per heavy atom. The Bertz CT molecular complexity index is 766. The minimum Gasteiger partial charge on any atom is -0.465 e. The minimum absolute atomic E-state index is 0.309. The van der Waals surface area contributed by atoms with Gasteiger partial charge in [0.25, 0.3) is 6.43 Å². The number of rotatable bonds is 6. The molecule has 0 spiro atoms. The zero-order valence-corrected chi connectivity index (χ0v) is 14.6.